The van der Waals surface area contributed by atoms with E-state index in [-0.39, 0.29) is 11.5 Å². The molecule has 1 N–H and O–H groups in total. The smallest absolute Gasteiger partial charge is 0.276 e. The first-order valence-corrected chi connectivity index (χ1v) is 7.75. The van der Waals surface area contributed by atoms with Crippen LogP contribution in [0, 0.1) is 5.92 Å². The number of nitrogens with zero attached hydrogens (tertiary/aromatic N) is 4. The lowest BCUT2D eigenvalue weighted by Crippen LogP contribution is -2.21. The van der Waals surface area contributed by atoms with E-state index >= 15 is 0 Å². The highest BCUT2D eigenvalue weighted by atomic mass is 19.3. The van der Waals surface area contributed by atoms with Crippen LogP contribution in [0.1, 0.15) is 19.4 Å². The molecule has 0 aliphatic rings. The average Bonchev–Trinajstić information content (AvgIpc) is 3.11. The maximum atomic E-state index is 14.0. The lowest BCUT2D eigenvalue weighted by atomic mass is 9.99. The predicted octanol–water partition coefficient (Wildman–Crippen LogP) is 3.98. The van der Waals surface area contributed by atoms with Crippen molar-refractivity contribution in [3.05, 3.63) is 42.2 Å². The molecule has 3 rings (SSSR count). The quantitative estimate of drug-likeness (QED) is 0.754. The van der Waals surface area contributed by atoms with Gasteiger partial charge in [0, 0.05) is 30.9 Å². The summed E-state index contributed by atoms with van der Waals surface area (Å²) in [7, 11) is 1.74. The van der Waals surface area contributed by atoms with E-state index in [2.05, 4.69) is 25.4 Å². The fourth-order valence-electron chi connectivity index (χ4n) is 2.27. The van der Waals surface area contributed by atoms with Crippen LogP contribution in [-0.2, 0) is 5.92 Å². The molecule has 0 aromatic carbocycles. The summed E-state index contributed by atoms with van der Waals surface area (Å²) in [5, 5.41) is 6.86. The summed E-state index contributed by atoms with van der Waals surface area (Å²) in [6.07, 6.45) is 2.79. The van der Waals surface area contributed by atoms with Gasteiger partial charge in [0.15, 0.2) is 0 Å². The Balaban J connectivity index is 1.90. The highest BCUT2D eigenvalue weighted by Crippen LogP contribution is 2.35. The zero-order chi connectivity index (χ0) is 18.0. The van der Waals surface area contributed by atoms with E-state index in [9.17, 15) is 8.78 Å². The van der Waals surface area contributed by atoms with Crippen LogP contribution in [0.25, 0.3) is 23.0 Å². The van der Waals surface area contributed by atoms with Crippen molar-refractivity contribution in [2.75, 3.05) is 12.4 Å². The molecule has 0 radical (unpaired) electrons. The summed E-state index contributed by atoms with van der Waals surface area (Å²) in [5.74, 6) is -2.66. The number of alkyl halides is 2. The van der Waals surface area contributed by atoms with Crippen LogP contribution >= 0.6 is 0 Å². The molecule has 0 saturated carbocycles. The number of rotatable bonds is 5. The summed E-state index contributed by atoms with van der Waals surface area (Å²) in [5.41, 5.74) is 0.857. The van der Waals surface area contributed by atoms with E-state index < -0.39 is 11.8 Å². The molecule has 3 heterocycles. The molecule has 3 aromatic rings. The standard InChI is InChI=1S/C17H17F2N5O/c1-10(2)17(18,19)11-6-7-13(22-9-11)16-23-15(24-25-16)12-5-4-8-21-14(12)20-3/h4-10H,1-3H3,(H,20,21). The number of hydrogen-bond donors (Lipinski definition) is 1. The van der Waals surface area contributed by atoms with Gasteiger partial charge in [-0.15, -0.1) is 0 Å². The van der Waals surface area contributed by atoms with Gasteiger partial charge in [0.2, 0.25) is 5.82 Å². The van der Waals surface area contributed by atoms with E-state index in [1.54, 1.807) is 25.4 Å². The molecule has 0 aliphatic heterocycles. The third-order valence-electron chi connectivity index (χ3n) is 3.80. The second kappa shape index (κ2) is 6.54. The Labute approximate surface area is 143 Å². The first kappa shape index (κ1) is 16.9. The first-order valence-electron chi connectivity index (χ1n) is 7.75. The van der Waals surface area contributed by atoms with Gasteiger partial charge in [0.1, 0.15) is 11.5 Å². The number of anilines is 1. The van der Waals surface area contributed by atoms with Crippen LogP contribution < -0.4 is 5.32 Å². The highest BCUT2D eigenvalue weighted by molar-refractivity contribution is 5.70. The van der Waals surface area contributed by atoms with Gasteiger partial charge < -0.3 is 9.84 Å². The third kappa shape index (κ3) is 3.19. The number of pyridine rings is 2. The topological polar surface area (TPSA) is 76.7 Å². The van der Waals surface area contributed by atoms with E-state index in [0.717, 1.165) is 6.20 Å². The fourth-order valence-corrected chi connectivity index (χ4v) is 2.27. The summed E-state index contributed by atoms with van der Waals surface area (Å²) in [6.45, 7) is 2.93. The molecule has 6 nitrogen and oxygen atoms in total. The van der Waals surface area contributed by atoms with Crippen LogP contribution in [-0.4, -0.2) is 27.2 Å². The minimum atomic E-state index is -2.94. The van der Waals surface area contributed by atoms with Gasteiger partial charge in [-0.1, -0.05) is 19.0 Å². The highest BCUT2D eigenvalue weighted by Gasteiger charge is 2.35. The van der Waals surface area contributed by atoms with Crippen molar-refractivity contribution in [1.29, 1.82) is 0 Å². The van der Waals surface area contributed by atoms with Crippen molar-refractivity contribution in [3.63, 3.8) is 0 Å². The van der Waals surface area contributed by atoms with Crippen LogP contribution in [0.2, 0.25) is 0 Å². The Morgan fingerprint density at radius 2 is 1.96 bits per heavy atom. The van der Waals surface area contributed by atoms with Crippen molar-refractivity contribution in [1.82, 2.24) is 20.1 Å². The average molecular weight is 345 g/mol. The summed E-state index contributed by atoms with van der Waals surface area (Å²) >= 11 is 0. The van der Waals surface area contributed by atoms with Gasteiger partial charge >= 0.3 is 0 Å². The van der Waals surface area contributed by atoms with E-state index in [1.807, 2.05) is 0 Å². The van der Waals surface area contributed by atoms with Gasteiger partial charge in [0.05, 0.1) is 5.56 Å². The number of halogens is 2. The molecule has 0 amide bonds. The van der Waals surface area contributed by atoms with Gasteiger partial charge in [-0.25, -0.2) is 13.8 Å². The molecule has 0 aliphatic carbocycles. The molecular formula is C17H17F2N5O. The molecule has 0 fully saturated rings. The Morgan fingerprint density at radius 3 is 2.60 bits per heavy atom. The second-order valence-corrected chi connectivity index (χ2v) is 5.78. The second-order valence-electron chi connectivity index (χ2n) is 5.78. The van der Waals surface area contributed by atoms with Gasteiger partial charge in [-0.3, -0.25) is 4.98 Å². The van der Waals surface area contributed by atoms with E-state index in [0.29, 0.717) is 22.9 Å². The summed E-state index contributed by atoms with van der Waals surface area (Å²) in [6, 6.07) is 6.33. The van der Waals surface area contributed by atoms with Crippen molar-refractivity contribution >= 4 is 5.82 Å². The molecule has 130 valence electrons. The molecule has 25 heavy (non-hydrogen) atoms. The minimum Gasteiger partial charge on any atom is -0.373 e. The van der Waals surface area contributed by atoms with Crippen LogP contribution in [0.3, 0.4) is 0 Å². The molecule has 0 spiro atoms. The normalized spacial score (nSPS) is 11.8. The fraction of sp³-hybridized carbons (Fsp3) is 0.294. The first-order chi connectivity index (χ1) is 11.9. The van der Waals surface area contributed by atoms with Crippen LogP contribution in [0.4, 0.5) is 14.6 Å². The Kier molecular flexibility index (Phi) is 4.43. The lowest BCUT2D eigenvalue weighted by molar-refractivity contribution is -0.0516. The summed E-state index contributed by atoms with van der Waals surface area (Å²) < 4.78 is 33.2. The van der Waals surface area contributed by atoms with Crippen LogP contribution in [0.5, 0.6) is 0 Å². The monoisotopic (exact) mass is 345 g/mol. The van der Waals surface area contributed by atoms with Crippen molar-refractivity contribution < 1.29 is 13.3 Å². The molecule has 0 unspecified atom stereocenters. The SMILES string of the molecule is CNc1ncccc1-c1noc(-c2ccc(C(F)(F)C(C)C)cn2)n1. The molecule has 0 bridgehead atoms. The Bertz CT molecular complexity index is 861. The Hall–Kier alpha value is -2.90. The van der Waals surface area contributed by atoms with E-state index in [1.165, 1.54) is 26.0 Å². The van der Waals surface area contributed by atoms with Gasteiger partial charge in [-0.2, -0.15) is 4.98 Å². The van der Waals surface area contributed by atoms with Crippen molar-refractivity contribution in [2.45, 2.75) is 19.8 Å². The number of nitrogens with one attached hydrogen (secondary N) is 1. The van der Waals surface area contributed by atoms with Crippen molar-refractivity contribution in [2.24, 2.45) is 5.92 Å². The minimum absolute atomic E-state index is 0.143. The Morgan fingerprint density at radius 1 is 1.16 bits per heavy atom. The number of aromatic nitrogens is 4. The molecule has 8 heteroatoms. The molecular weight excluding hydrogens is 328 g/mol. The van der Waals surface area contributed by atoms with Gasteiger partial charge in [-0.05, 0) is 24.3 Å². The van der Waals surface area contributed by atoms with E-state index in [4.69, 9.17) is 4.52 Å². The molecule has 0 atom stereocenters. The van der Waals surface area contributed by atoms with Crippen molar-refractivity contribution in [3.8, 4) is 23.0 Å². The predicted molar refractivity (Wildman–Crippen MR) is 89.0 cm³/mol. The number of hydrogen-bond acceptors (Lipinski definition) is 6. The summed E-state index contributed by atoms with van der Waals surface area (Å²) in [4.78, 5) is 12.5. The maximum absolute atomic E-state index is 14.0. The van der Waals surface area contributed by atoms with Crippen LogP contribution in [0.15, 0.2) is 41.2 Å². The molecule has 0 saturated heterocycles. The lowest BCUT2D eigenvalue weighted by Gasteiger charge is -2.20. The van der Waals surface area contributed by atoms with Gasteiger partial charge in [0.25, 0.3) is 11.8 Å². The maximum Gasteiger partial charge on any atom is 0.276 e. The zero-order valence-corrected chi connectivity index (χ0v) is 14.0. The largest absolute Gasteiger partial charge is 0.373 e. The zero-order valence-electron chi connectivity index (χ0n) is 14.0. The third-order valence-corrected chi connectivity index (χ3v) is 3.80. The molecule has 3 aromatic heterocycles.